The van der Waals surface area contributed by atoms with Gasteiger partial charge in [0.25, 0.3) is 0 Å². The molecule has 0 fully saturated rings. The van der Waals surface area contributed by atoms with Gasteiger partial charge >= 0.3 is 11.7 Å². The van der Waals surface area contributed by atoms with Crippen LogP contribution in [0.15, 0.2) is 41.7 Å². The summed E-state index contributed by atoms with van der Waals surface area (Å²) >= 11 is 0. The molecule has 0 aliphatic heterocycles. The molecule has 1 atom stereocenters. The molecule has 1 unspecified atom stereocenters. The van der Waals surface area contributed by atoms with Gasteiger partial charge in [-0.2, -0.15) is 0 Å². The Hall–Kier alpha value is -2.83. The van der Waals surface area contributed by atoms with Crippen LogP contribution in [-0.2, 0) is 6.54 Å². The molecule has 0 radical (unpaired) electrons. The first-order chi connectivity index (χ1) is 10.1. The second-order valence-electron chi connectivity index (χ2n) is 4.95. The molecule has 0 aliphatic rings. The highest BCUT2D eigenvalue weighted by Crippen LogP contribution is 2.17. The zero-order chi connectivity index (χ0) is 15.0. The van der Waals surface area contributed by atoms with Crippen molar-refractivity contribution < 1.29 is 9.90 Å². The lowest BCUT2D eigenvalue weighted by Crippen LogP contribution is -2.23. The van der Waals surface area contributed by atoms with Crippen LogP contribution in [0.2, 0.25) is 0 Å². The minimum atomic E-state index is -1.02. The van der Waals surface area contributed by atoms with E-state index in [1.54, 1.807) is 23.2 Å². The van der Waals surface area contributed by atoms with E-state index in [2.05, 4.69) is 9.97 Å². The lowest BCUT2D eigenvalue weighted by atomic mass is 10.2. The Morgan fingerprint density at radius 2 is 2.29 bits per heavy atom. The Balaban J connectivity index is 2.04. The van der Waals surface area contributed by atoms with Crippen molar-refractivity contribution in [2.24, 2.45) is 0 Å². The molecule has 3 rings (SSSR count). The van der Waals surface area contributed by atoms with Crippen molar-refractivity contribution in [2.75, 3.05) is 0 Å². The van der Waals surface area contributed by atoms with Gasteiger partial charge in [-0.05, 0) is 25.1 Å². The maximum Gasteiger partial charge on any atom is 0.335 e. The highest BCUT2D eigenvalue weighted by Gasteiger charge is 2.15. The summed E-state index contributed by atoms with van der Waals surface area (Å²) in [7, 11) is 0. The molecule has 0 amide bonds. The van der Waals surface area contributed by atoms with Crippen molar-refractivity contribution in [1.29, 1.82) is 0 Å². The van der Waals surface area contributed by atoms with Crippen molar-refractivity contribution >= 4 is 17.0 Å². The number of aromatic amines is 1. The van der Waals surface area contributed by atoms with E-state index in [0.717, 1.165) is 0 Å². The average Bonchev–Trinajstić information content (AvgIpc) is 3.03. The standard InChI is InChI=1S/C14H14N4O3/c1-9(7-17-5-4-15-8-17)18-12-3-2-10(13(19)20)6-11(12)16-14(18)21/h2-6,8-9H,7H2,1H3,(H,16,21)(H,19,20). The fourth-order valence-corrected chi connectivity index (χ4v) is 2.48. The summed E-state index contributed by atoms with van der Waals surface area (Å²) in [6.45, 7) is 2.54. The Kier molecular flexibility index (Phi) is 3.09. The van der Waals surface area contributed by atoms with Crippen molar-refractivity contribution in [3.63, 3.8) is 0 Å². The number of carboxylic acids is 1. The zero-order valence-electron chi connectivity index (χ0n) is 11.4. The summed E-state index contributed by atoms with van der Waals surface area (Å²) in [5.74, 6) is -1.02. The molecule has 7 nitrogen and oxygen atoms in total. The van der Waals surface area contributed by atoms with Crippen LogP contribution in [0.1, 0.15) is 23.3 Å². The zero-order valence-corrected chi connectivity index (χ0v) is 11.4. The number of nitrogens with zero attached hydrogens (tertiary/aromatic N) is 3. The van der Waals surface area contributed by atoms with Gasteiger partial charge in [-0.15, -0.1) is 0 Å². The van der Waals surface area contributed by atoms with Crippen LogP contribution in [-0.4, -0.2) is 30.2 Å². The number of hydrogen-bond acceptors (Lipinski definition) is 3. The lowest BCUT2D eigenvalue weighted by molar-refractivity contribution is 0.0697. The normalized spacial score (nSPS) is 12.6. The van der Waals surface area contributed by atoms with Gasteiger partial charge in [-0.25, -0.2) is 14.6 Å². The summed E-state index contributed by atoms with van der Waals surface area (Å²) < 4.78 is 3.52. The van der Waals surface area contributed by atoms with Crippen molar-refractivity contribution in [2.45, 2.75) is 19.5 Å². The topological polar surface area (TPSA) is 92.9 Å². The molecule has 3 aromatic rings. The van der Waals surface area contributed by atoms with E-state index in [9.17, 15) is 9.59 Å². The number of aromatic carboxylic acids is 1. The summed E-state index contributed by atoms with van der Waals surface area (Å²) in [6, 6.07) is 4.54. The second-order valence-corrected chi connectivity index (χ2v) is 4.95. The Bertz CT molecular complexity index is 845. The first kappa shape index (κ1) is 13.2. The molecular formula is C14H14N4O3. The van der Waals surface area contributed by atoms with Crippen molar-refractivity contribution in [3.8, 4) is 0 Å². The predicted octanol–water partition coefficient (Wildman–Crippen LogP) is 1.49. The van der Waals surface area contributed by atoms with Gasteiger partial charge in [0.1, 0.15) is 0 Å². The molecule has 7 heteroatoms. The Morgan fingerprint density at radius 1 is 1.48 bits per heavy atom. The third-order valence-electron chi connectivity index (χ3n) is 3.44. The molecule has 0 aliphatic carbocycles. The first-order valence-corrected chi connectivity index (χ1v) is 6.49. The third kappa shape index (κ3) is 2.33. The molecule has 0 spiro atoms. The highest BCUT2D eigenvalue weighted by molar-refractivity contribution is 5.92. The Labute approximate surface area is 119 Å². The maximum atomic E-state index is 12.1. The molecule has 108 valence electrons. The number of nitrogens with one attached hydrogen (secondary N) is 1. The van der Waals surface area contributed by atoms with E-state index >= 15 is 0 Å². The smallest absolute Gasteiger partial charge is 0.335 e. The van der Waals surface area contributed by atoms with E-state index in [0.29, 0.717) is 17.6 Å². The SMILES string of the molecule is CC(Cn1ccnc1)n1c(=O)[nH]c2cc(C(=O)O)ccc21. The third-order valence-corrected chi connectivity index (χ3v) is 3.44. The van der Waals surface area contributed by atoms with Gasteiger partial charge in [0, 0.05) is 18.9 Å². The van der Waals surface area contributed by atoms with E-state index < -0.39 is 5.97 Å². The number of benzene rings is 1. The molecule has 1 aromatic carbocycles. The van der Waals surface area contributed by atoms with E-state index in [1.807, 2.05) is 17.7 Å². The number of imidazole rings is 2. The minimum absolute atomic E-state index is 0.0869. The number of carboxylic acid groups (broad SMARTS) is 1. The molecule has 2 N–H and O–H groups in total. The largest absolute Gasteiger partial charge is 0.478 e. The number of hydrogen-bond donors (Lipinski definition) is 2. The average molecular weight is 286 g/mol. The summed E-state index contributed by atoms with van der Waals surface area (Å²) in [5, 5.41) is 8.99. The fourth-order valence-electron chi connectivity index (χ4n) is 2.48. The maximum absolute atomic E-state index is 12.1. The summed E-state index contributed by atoms with van der Waals surface area (Å²) in [6.07, 6.45) is 5.21. The van der Waals surface area contributed by atoms with Gasteiger partial charge < -0.3 is 14.7 Å². The monoisotopic (exact) mass is 286 g/mol. The first-order valence-electron chi connectivity index (χ1n) is 6.49. The number of fused-ring (bicyclic) bond motifs is 1. The molecule has 2 aromatic heterocycles. The van der Waals surface area contributed by atoms with Crippen LogP contribution in [0, 0.1) is 0 Å². The van der Waals surface area contributed by atoms with Gasteiger partial charge in [0.15, 0.2) is 0 Å². The second kappa shape index (κ2) is 4.93. The number of rotatable bonds is 4. The number of carbonyl (C=O) groups is 1. The summed E-state index contributed by atoms with van der Waals surface area (Å²) in [4.78, 5) is 29.8. The van der Waals surface area contributed by atoms with Crippen LogP contribution in [0.4, 0.5) is 0 Å². The van der Waals surface area contributed by atoms with Crippen LogP contribution >= 0.6 is 0 Å². The molecule has 2 heterocycles. The van der Waals surface area contributed by atoms with Gasteiger partial charge in [0.05, 0.1) is 29.0 Å². The molecule has 0 saturated heterocycles. The van der Waals surface area contributed by atoms with Crippen LogP contribution in [0.3, 0.4) is 0 Å². The van der Waals surface area contributed by atoms with Gasteiger partial charge in [-0.3, -0.25) is 4.57 Å². The van der Waals surface area contributed by atoms with Crippen LogP contribution in [0.5, 0.6) is 0 Å². The van der Waals surface area contributed by atoms with Crippen LogP contribution in [0.25, 0.3) is 11.0 Å². The number of H-pyrrole nitrogens is 1. The van der Waals surface area contributed by atoms with Crippen molar-refractivity contribution in [3.05, 3.63) is 53.0 Å². The Morgan fingerprint density at radius 3 is 2.95 bits per heavy atom. The predicted molar refractivity (Wildman–Crippen MR) is 76.5 cm³/mol. The summed E-state index contributed by atoms with van der Waals surface area (Å²) in [5.41, 5.74) is 1.12. The minimum Gasteiger partial charge on any atom is -0.478 e. The van der Waals surface area contributed by atoms with E-state index in [1.165, 1.54) is 12.1 Å². The molecule has 21 heavy (non-hydrogen) atoms. The van der Waals surface area contributed by atoms with E-state index in [4.69, 9.17) is 5.11 Å². The molecule has 0 bridgehead atoms. The van der Waals surface area contributed by atoms with Gasteiger partial charge in [-0.1, -0.05) is 0 Å². The lowest BCUT2D eigenvalue weighted by Gasteiger charge is -2.14. The fraction of sp³-hybridized carbons (Fsp3) is 0.214. The highest BCUT2D eigenvalue weighted by atomic mass is 16.4. The van der Waals surface area contributed by atoms with Gasteiger partial charge in [0.2, 0.25) is 0 Å². The quantitative estimate of drug-likeness (QED) is 0.759. The van der Waals surface area contributed by atoms with E-state index in [-0.39, 0.29) is 17.3 Å². The number of aromatic nitrogens is 4. The van der Waals surface area contributed by atoms with Crippen molar-refractivity contribution in [1.82, 2.24) is 19.1 Å². The molecular weight excluding hydrogens is 272 g/mol. The molecule has 0 saturated carbocycles. The van der Waals surface area contributed by atoms with Crippen LogP contribution < -0.4 is 5.69 Å².